The van der Waals surface area contributed by atoms with Crippen LogP contribution in [0, 0.1) is 5.92 Å². The standard InChI is InChI=1S/C11H17N3O/c1-8(2)7-15-10-5-3-9(4-6-10)14-11(12)13/h3-6,8H,7H2,1-2H3,(H4,12,13,14). The molecule has 82 valence electrons. The molecule has 0 bridgehead atoms. The van der Waals surface area contributed by atoms with Gasteiger partial charge in [0.05, 0.1) is 12.3 Å². The molecule has 0 spiro atoms. The van der Waals surface area contributed by atoms with Gasteiger partial charge in [0.15, 0.2) is 5.96 Å². The molecule has 4 heteroatoms. The van der Waals surface area contributed by atoms with Gasteiger partial charge in [-0.1, -0.05) is 13.8 Å². The minimum atomic E-state index is 0.0610. The summed E-state index contributed by atoms with van der Waals surface area (Å²) < 4.78 is 5.52. The summed E-state index contributed by atoms with van der Waals surface area (Å²) in [5, 5.41) is 0. The quantitative estimate of drug-likeness (QED) is 0.582. The summed E-state index contributed by atoms with van der Waals surface area (Å²) in [7, 11) is 0. The average Bonchev–Trinajstić information content (AvgIpc) is 2.16. The lowest BCUT2D eigenvalue weighted by Gasteiger charge is -2.08. The molecule has 1 aromatic rings. The van der Waals surface area contributed by atoms with Gasteiger partial charge in [0, 0.05) is 0 Å². The molecule has 0 heterocycles. The molecule has 0 aliphatic rings. The number of guanidine groups is 1. The van der Waals surface area contributed by atoms with Crippen LogP contribution in [0.2, 0.25) is 0 Å². The summed E-state index contributed by atoms with van der Waals surface area (Å²) >= 11 is 0. The minimum Gasteiger partial charge on any atom is -0.493 e. The van der Waals surface area contributed by atoms with Gasteiger partial charge in [0.25, 0.3) is 0 Å². The summed E-state index contributed by atoms with van der Waals surface area (Å²) in [4.78, 5) is 3.91. The predicted molar refractivity (Wildman–Crippen MR) is 62.2 cm³/mol. The maximum atomic E-state index is 5.52. The zero-order valence-electron chi connectivity index (χ0n) is 9.10. The molecule has 0 aliphatic carbocycles. The molecule has 0 fully saturated rings. The number of hydrogen-bond donors (Lipinski definition) is 2. The molecule has 15 heavy (non-hydrogen) atoms. The van der Waals surface area contributed by atoms with Gasteiger partial charge < -0.3 is 16.2 Å². The lowest BCUT2D eigenvalue weighted by atomic mass is 10.2. The minimum absolute atomic E-state index is 0.0610. The van der Waals surface area contributed by atoms with Crippen molar-refractivity contribution in [2.75, 3.05) is 6.61 Å². The molecule has 0 amide bonds. The second kappa shape index (κ2) is 5.24. The Bertz CT molecular complexity index is 326. The lowest BCUT2D eigenvalue weighted by Crippen LogP contribution is -2.21. The fraction of sp³-hybridized carbons (Fsp3) is 0.364. The first-order chi connectivity index (χ1) is 7.08. The highest BCUT2D eigenvalue weighted by Gasteiger charge is 1.97. The van der Waals surface area contributed by atoms with Crippen LogP contribution in [0.1, 0.15) is 13.8 Å². The summed E-state index contributed by atoms with van der Waals surface area (Å²) in [6.45, 7) is 4.92. The SMILES string of the molecule is CC(C)COc1ccc(N=C(N)N)cc1. The van der Waals surface area contributed by atoms with Crippen molar-refractivity contribution in [3.8, 4) is 5.75 Å². The Hall–Kier alpha value is -1.71. The first-order valence-corrected chi connectivity index (χ1v) is 4.90. The molecule has 0 radical (unpaired) electrons. The van der Waals surface area contributed by atoms with E-state index in [4.69, 9.17) is 16.2 Å². The van der Waals surface area contributed by atoms with Crippen molar-refractivity contribution in [3.63, 3.8) is 0 Å². The Morgan fingerprint density at radius 3 is 2.33 bits per heavy atom. The second-order valence-electron chi connectivity index (χ2n) is 3.74. The smallest absolute Gasteiger partial charge is 0.191 e. The highest BCUT2D eigenvalue weighted by Crippen LogP contribution is 2.18. The van der Waals surface area contributed by atoms with Crippen LogP contribution in [0.4, 0.5) is 5.69 Å². The van der Waals surface area contributed by atoms with E-state index >= 15 is 0 Å². The highest BCUT2D eigenvalue weighted by atomic mass is 16.5. The third-order valence-electron chi connectivity index (χ3n) is 1.68. The molecular formula is C11H17N3O. The summed E-state index contributed by atoms with van der Waals surface area (Å²) in [5.74, 6) is 1.41. The van der Waals surface area contributed by atoms with Crippen LogP contribution in [0.5, 0.6) is 5.75 Å². The van der Waals surface area contributed by atoms with Gasteiger partial charge >= 0.3 is 0 Å². The molecule has 0 unspecified atom stereocenters. The van der Waals surface area contributed by atoms with Crippen LogP contribution in [-0.4, -0.2) is 12.6 Å². The van der Waals surface area contributed by atoms with Crippen molar-refractivity contribution in [1.29, 1.82) is 0 Å². The molecule has 4 nitrogen and oxygen atoms in total. The topological polar surface area (TPSA) is 73.6 Å². The molecule has 0 saturated heterocycles. The van der Waals surface area contributed by atoms with Crippen LogP contribution in [0.3, 0.4) is 0 Å². The third kappa shape index (κ3) is 4.35. The highest BCUT2D eigenvalue weighted by molar-refractivity contribution is 5.78. The zero-order valence-corrected chi connectivity index (χ0v) is 9.10. The van der Waals surface area contributed by atoms with E-state index in [2.05, 4.69) is 18.8 Å². The van der Waals surface area contributed by atoms with E-state index < -0.39 is 0 Å². The van der Waals surface area contributed by atoms with Gasteiger partial charge in [-0.05, 0) is 30.2 Å². The number of nitrogens with zero attached hydrogens (tertiary/aromatic N) is 1. The first kappa shape index (κ1) is 11.4. The monoisotopic (exact) mass is 207 g/mol. The Labute approximate surface area is 89.9 Å². The van der Waals surface area contributed by atoms with Crippen molar-refractivity contribution in [2.45, 2.75) is 13.8 Å². The number of benzene rings is 1. The van der Waals surface area contributed by atoms with Crippen molar-refractivity contribution >= 4 is 11.6 Å². The van der Waals surface area contributed by atoms with Crippen molar-refractivity contribution in [3.05, 3.63) is 24.3 Å². The molecule has 0 aromatic heterocycles. The number of rotatable bonds is 4. The van der Waals surface area contributed by atoms with Crippen LogP contribution in [0.25, 0.3) is 0 Å². The molecule has 4 N–H and O–H groups in total. The number of hydrogen-bond acceptors (Lipinski definition) is 2. The van der Waals surface area contributed by atoms with E-state index in [0.717, 1.165) is 11.4 Å². The van der Waals surface area contributed by atoms with E-state index in [-0.39, 0.29) is 5.96 Å². The van der Waals surface area contributed by atoms with Gasteiger partial charge in [-0.15, -0.1) is 0 Å². The molecule has 0 atom stereocenters. The lowest BCUT2D eigenvalue weighted by molar-refractivity contribution is 0.271. The molecule has 1 aromatic carbocycles. The van der Waals surface area contributed by atoms with Gasteiger partial charge in [0.2, 0.25) is 0 Å². The van der Waals surface area contributed by atoms with E-state index in [9.17, 15) is 0 Å². The largest absolute Gasteiger partial charge is 0.493 e. The van der Waals surface area contributed by atoms with Crippen LogP contribution >= 0.6 is 0 Å². The summed E-state index contributed by atoms with van der Waals surface area (Å²) in [6.07, 6.45) is 0. The summed E-state index contributed by atoms with van der Waals surface area (Å²) in [5.41, 5.74) is 11.2. The third-order valence-corrected chi connectivity index (χ3v) is 1.68. The van der Waals surface area contributed by atoms with Gasteiger partial charge in [0.1, 0.15) is 5.75 Å². The van der Waals surface area contributed by atoms with E-state index in [0.29, 0.717) is 12.5 Å². The molecule has 1 rings (SSSR count). The van der Waals surface area contributed by atoms with Gasteiger partial charge in [-0.2, -0.15) is 0 Å². The Kier molecular flexibility index (Phi) is 3.97. The first-order valence-electron chi connectivity index (χ1n) is 4.90. The number of nitrogens with two attached hydrogens (primary N) is 2. The normalized spacial score (nSPS) is 10.1. The van der Waals surface area contributed by atoms with Crippen LogP contribution in [-0.2, 0) is 0 Å². The van der Waals surface area contributed by atoms with Crippen molar-refractivity contribution < 1.29 is 4.74 Å². The van der Waals surface area contributed by atoms with Crippen molar-refractivity contribution in [1.82, 2.24) is 0 Å². The molecule has 0 aliphatic heterocycles. The van der Waals surface area contributed by atoms with E-state index in [1.165, 1.54) is 0 Å². The molecule has 0 saturated carbocycles. The van der Waals surface area contributed by atoms with Crippen LogP contribution in [0.15, 0.2) is 29.3 Å². The van der Waals surface area contributed by atoms with E-state index in [1.54, 1.807) is 0 Å². The van der Waals surface area contributed by atoms with E-state index in [1.807, 2.05) is 24.3 Å². The fourth-order valence-corrected chi connectivity index (χ4v) is 1.03. The maximum absolute atomic E-state index is 5.52. The zero-order chi connectivity index (χ0) is 11.3. The molecular weight excluding hydrogens is 190 g/mol. The van der Waals surface area contributed by atoms with Crippen LogP contribution < -0.4 is 16.2 Å². The Balaban J connectivity index is 2.60. The number of ether oxygens (including phenoxy) is 1. The number of aliphatic imine (C=N–C) groups is 1. The van der Waals surface area contributed by atoms with Gasteiger partial charge in [-0.3, -0.25) is 0 Å². The summed E-state index contributed by atoms with van der Waals surface area (Å²) in [6, 6.07) is 7.33. The Morgan fingerprint density at radius 1 is 1.27 bits per heavy atom. The predicted octanol–water partition coefficient (Wildman–Crippen LogP) is 1.63. The van der Waals surface area contributed by atoms with Gasteiger partial charge in [-0.25, -0.2) is 4.99 Å². The average molecular weight is 207 g/mol. The van der Waals surface area contributed by atoms with Crippen molar-refractivity contribution in [2.24, 2.45) is 22.4 Å². The maximum Gasteiger partial charge on any atom is 0.191 e. The second-order valence-corrected chi connectivity index (χ2v) is 3.74. The Morgan fingerprint density at radius 2 is 1.87 bits per heavy atom. The fourth-order valence-electron chi connectivity index (χ4n) is 1.03.